The number of allylic oxidation sites excluding steroid dienone is 13. The molecule has 51 heavy (non-hydrogen) atoms. The van der Waals surface area contributed by atoms with Gasteiger partial charge in [-0.1, -0.05) is 75.8 Å². The summed E-state index contributed by atoms with van der Waals surface area (Å²) in [6, 6.07) is 0. The number of aliphatic hydroxyl groups is 2. The first-order valence-electron chi connectivity index (χ1n) is 17.6. The molecule has 1 saturated heterocycles. The standard InChI is InChI=1S/C42H57NO8/c1-28(17-14-18-29(2)19-20-37-38(6,7)25-35(50-32(5)44)26-40(37,10)47)15-12-13-16-30(3)21-33(43(48)49)22-31(4)36(46)27-42-39(8,9)23-34(45)24-41(42,11)51-42/h12-19,21-22,34-35,45,47H,23-27H2,1-11H3/b13-12+,17-14+,28-15+,29-18+,30-16+,31-22+,33-21+/t20?,34-,35-,40+,41+,42-/m0/s1. The van der Waals surface area contributed by atoms with E-state index in [4.69, 9.17) is 9.47 Å². The van der Waals surface area contributed by atoms with Gasteiger partial charge in [-0.15, -0.1) is 5.73 Å². The van der Waals surface area contributed by atoms with Crippen LogP contribution in [0.15, 0.2) is 100 Å². The summed E-state index contributed by atoms with van der Waals surface area (Å²) in [4.78, 5) is 36.1. The highest BCUT2D eigenvalue weighted by Gasteiger charge is 2.76. The molecule has 0 aromatic rings. The fourth-order valence-electron chi connectivity index (χ4n) is 8.00. The number of nitrogens with zero attached hydrogens (tertiary/aromatic N) is 1. The Morgan fingerprint density at radius 2 is 1.51 bits per heavy atom. The summed E-state index contributed by atoms with van der Waals surface area (Å²) in [5, 5.41) is 33.3. The Hall–Kier alpha value is -3.88. The van der Waals surface area contributed by atoms with Gasteiger partial charge < -0.3 is 19.7 Å². The van der Waals surface area contributed by atoms with Gasteiger partial charge in [0.15, 0.2) is 5.78 Å². The minimum absolute atomic E-state index is 0.111. The molecule has 0 aromatic heterocycles. The SMILES string of the molecule is CC(=O)O[C@H]1CC(C)(C)C(=C=C/C(C)=C/C=C/C(C)=C/C=C/C=C(C)/C=C(\C=C(/C)C(=O)C[C@@]23O[C@]2(C)C[C@@H](O)CC3(C)C)[N+](=O)[O-])[C@](C)(O)C1. The van der Waals surface area contributed by atoms with Gasteiger partial charge in [0.05, 0.1) is 22.2 Å². The molecule has 2 aliphatic carbocycles. The monoisotopic (exact) mass is 703 g/mol. The van der Waals surface area contributed by atoms with Crippen molar-refractivity contribution in [1.82, 2.24) is 0 Å². The molecule has 278 valence electrons. The zero-order valence-electron chi connectivity index (χ0n) is 32.3. The Morgan fingerprint density at radius 1 is 0.902 bits per heavy atom. The van der Waals surface area contributed by atoms with Crippen LogP contribution in [0.2, 0.25) is 0 Å². The van der Waals surface area contributed by atoms with Crippen LogP contribution in [0.3, 0.4) is 0 Å². The number of carbonyl (C=O) groups excluding carboxylic acids is 2. The molecule has 0 bridgehead atoms. The fraction of sp³-hybridized carbons (Fsp3) is 0.548. The number of rotatable bonds is 12. The normalized spacial score (nSPS) is 31.3. The first kappa shape index (κ1) is 41.5. The van der Waals surface area contributed by atoms with Crippen molar-refractivity contribution in [3.8, 4) is 0 Å². The van der Waals surface area contributed by atoms with Crippen LogP contribution in [0.1, 0.15) is 108 Å². The molecule has 9 nitrogen and oxygen atoms in total. The van der Waals surface area contributed by atoms with Crippen LogP contribution in [-0.4, -0.2) is 55.9 Å². The number of nitro groups is 1. The summed E-state index contributed by atoms with van der Waals surface area (Å²) >= 11 is 0. The molecule has 3 aliphatic rings. The topological polar surface area (TPSA) is 140 Å². The lowest BCUT2D eigenvalue weighted by atomic mass is 9.61. The Balaban J connectivity index is 1.64. The third-order valence-electron chi connectivity index (χ3n) is 10.4. The predicted octanol–water partition coefficient (Wildman–Crippen LogP) is 8.30. The van der Waals surface area contributed by atoms with Crippen molar-refractivity contribution in [2.75, 3.05) is 0 Å². The maximum Gasteiger partial charge on any atom is 0.302 e. The highest BCUT2D eigenvalue weighted by atomic mass is 16.6. The molecule has 5 atom stereocenters. The molecule has 3 rings (SSSR count). The number of esters is 1. The highest BCUT2D eigenvalue weighted by molar-refractivity contribution is 5.96. The average Bonchev–Trinajstić information content (AvgIpc) is 3.57. The van der Waals surface area contributed by atoms with Gasteiger partial charge in [0.25, 0.3) is 5.70 Å². The lowest BCUT2D eigenvalue weighted by Crippen LogP contribution is -2.48. The molecule has 0 aromatic carbocycles. The number of carbonyl (C=O) groups is 2. The summed E-state index contributed by atoms with van der Waals surface area (Å²) in [5.41, 5.74) is 3.57. The molecular weight excluding hydrogens is 646 g/mol. The minimum Gasteiger partial charge on any atom is -0.462 e. The fourth-order valence-corrected chi connectivity index (χ4v) is 8.00. The summed E-state index contributed by atoms with van der Waals surface area (Å²) in [6.07, 6.45) is 19.0. The molecule has 2 saturated carbocycles. The first-order chi connectivity index (χ1) is 23.4. The van der Waals surface area contributed by atoms with Gasteiger partial charge in [-0.05, 0) is 88.0 Å². The zero-order chi connectivity index (χ0) is 38.6. The second kappa shape index (κ2) is 15.8. The molecule has 1 aliphatic heterocycles. The Kier molecular flexibility index (Phi) is 12.9. The van der Waals surface area contributed by atoms with Gasteiger partial charge in [0, 0.05) is 43.9 Å². The smallest absolute Gasteiger partial charge is 0.302 e. The molecular formula is C42H57NO8. The van der Waals surface area contributed by atoms with Gasteiger partial charge >= 0.3 is 5.97 Å². The van der Waals surface area contributed by atoms with Gasteiger partial charge in [-0.2, -0.15) is 0 Å². The van der Waals surface area contributed by atoms with Gasteiger partial charge in [-0.25, -0.2) is 0 Å². The minimum atomic E-state index is -1.14. The van der Waals surface area contributed by atoms with E-state index in [1.54, 1.807) is 32.9 Å². The van der Waals surface area contributed by atoms with E-state index < -0.39 is 38.7 Å². The zero-order valence-corrected chi connectivity index (χ0v) is 32.3. The molecule has 0 spiro atoms. The van der Waals surface area contributed by atoms with Crippen molar-refractivity contribution in [2.24, 2.45) is 10.8 Å². The Bertz CT molecular complexity index is 1670. The summed E-state index contributed by atoms with van der Waals surface area (Å²) in [6.45, 7) is 20.3. The van der Waals surface area contributed by atoms with E-state index in [0.29, 0.717) is 31.3 Å². The van der Waals surface area contributed by atoms with Crippen LogP contribution in [-0.2, 0) is 19.1 Å². The molecule has 3 fully saturated rings. The second-order valence-electron chi connectivity index (χ2n) is 16.3. The number of ketones is 1. The summed E-state index contributed by atoms with van der Waals surface area (Å²) in [5.74, 6) is -0.555. The van der Waals surface area contributed by atoms with E-state index >= 15 is 0 Å². The number of ether oxygens (including phenoxy) is 2. The summed E-state index contributed by atoms with van der Waals surface area (Å²) < 4.78 is 11.5. The number of Topliss-reactive ketones (excluding diaryl/α,β-unsaturated/α-hetero) is 1. The van der Waals surface area contributed by atoms with Gasteiger partial charge in [0.1, 0.15) is 11.7 Å². The van der Waals surface area contributed by atoms with Gasteiger partial charge in [-0.3, -0.25) is 19.7 Å². The lowest BCUT2D eigenvalue weighted by Gasteiger charge is -2.44. The molecule has 0 amide bonds. The van der Waals surface area contributed by atoms with Crippen molar-refractivity contribution in [1.29, 1.82) is 0 Å². The number of aliphatic hydroxyl groups excluding tert-OH is 1. The number of hydrogen-bond acceptors (Lipinski definition) is 8. The van der Waals surface area contributed by atoms with Crippen molar-refractivity contribution in [3.05, 3.63) is 110 Å². The second-order valence-corrected chi connectivity index (χ2v) is 16.3. The van der Waals surface area contributed by atoms with E-state index in [0.717, 1.165) is 16.7 Å². The molecule has 1 heterocycles. The first-order valence-corrected chi connectivity index (χ1v) is 17.6. The van der Waals surface area contributed by atoms with Crippen LogP contribution < -0.4 is 0 Å². The number of hydrogen-bond donors (Lipinski definition) is 2. The van der Waals surface area contributed by atoms with Crippen LogP contribution in [0, 0.1) is 20.9 Å². The van der Waals surface area contributed by atoms with E-state index in [9.17, 15) is 29.9 Å². The van der Waals surface area contributed by atoms with E-state index in [1.165, 1.54) is 19.1 Å². The number of epoxide rings is 1. The highest BCUT2D eigenvalue weighted by Crippen LogP contribution is 2.67. The van der Waals surface area contributed by atoms with Crippen LogP contribution >= 0.6 is 0 Å². The van der Waals surface area contributed by atoms with Gasteiger partial charge in [0.2, 0.25) is 0 Å². The van der Waals surface area contributed by atoms with E-state index in [-0.39, 0.29) is 35.5 Å². The van der Waals surface area contributed by atoms with Crippen molar-refractivity contribution in [3.63, 3.8) is 0 Å². The van der Waals surface area contributed by atoms with Crippen molar-refractivity contribution in [2.45, 2.75) is 137 Å². The third-order valence-corrected chi connectivity index (χ3v) is 10.4. The van der Waals surface area contributed by atoms with Crippen LogP contribution in [0.5, 0.6) is 0 Å². The van der Waals surface area contributed by atoms with E-state index in [1.807, 2.05) is 84.9 Å². The predicted molar refractivity (Wildman–Crippen MR) is 200 cm³/mol. The lowest BCUT2D eigenvalue weighted by molar-refractivity contribution is -0.419. The molecule has 2 N–H and O–H groups in total. The molecule has 9 heteroatoms. The maximum absolute atomic E-state index is 13.2. The number of fused-ring (bicyclic) bond motifs is 1. The van der Waals surface area contributed by atoms with E-state index in [2.05, 4.69) is 5.73 Å². The Labute approximate surface area is 303 Å². The van der Waals surface area contributed by atoms with Crippen LogP contribution in [0.4, 0.5) is 0 Å². The third kappa shape index (κ3) is 10.4. The molecule has 0 radical (unpaired) electrons. The molecule has 0 unspecified atom stereocenters. The van der Waals surface area contributed by atoms with Crippen LogP contribution in [0.25, 0.3) is 0 Å². The largest absolute Gasteiger partial charge is 0.462 e. The quantitative estimate of drug-likeness (QED) is 0.0394. The summed E-state index contributed by atoms with van der Waals surface area (Å²) in [7, 11) is 0. The average molecular weight is 704 g/mol. The Morgan fingerprint density at radius 3 is 2.08 bits per heavy atom. The maximum atomic E-state index is 13.2. The van der Waals surface area contributed by atoms with Crippen molar-refractivity contribution >= 4 is 11.8 Å². The van der Waals surface area contributed by atoms with Crippen molar-refractivity contribution < 1.29 is 34.2 Å².